The first-order chi connectivity index (χ1) is 8.62. The average molecular weight is 296 g/mol. The van der Waals surface area contributed by atoms with Crippen molar-refractivity contribution >= 4 is 18.0 Å². The van der Waals surface area contributed by atoms with E-state index in [0.717, 1.165) is 5.56 Å². The molecule has 0 spiro atoms. The molecule has 1 unspecified atom stereocenters. The van der Waals surface area contributed by atoms with Gasteiger partial charge in [-0.2, -0.15) is 21.6 Å². The van der Waals surface area contributed by atoms with E-state index in [0.29, 0.717) is 6.32 Å². The molecule has 0 aliphatic carbocycles. The first kappa shape index (κ1) is 15.8. The molecule has 4 nitrogen and oxygen atoms in total. The van der Waals surface area contributed by atoms with E-state index in [1.807, 2.05) is 7.85 Å². The van der Waals surface area contributed by atoms with E-state index in [2.05, 4.69) is 4.74 Å². The minimum atomic E-state index is -4.89. The van der Waals surface area contributed by atoms with Crippen molar-refractivity contribution in [1.29, 1.82) is 0 Å². The van der Waals surface area contributed by atoms with Gasteiger partial charge in [0.1, 0.15) is 19.3 Å². The fourth-order valence-electron chi connectivity index (χ4n) is 1.39. The second-order valence-electron chi connectivity index (χ2n) is 3.90. The summed E-state index contributed by atoms with van der Waals surface area (Å²) in [5.41, 5.74) is 0.755. The smallest absolute Gasteiger partial charge is 0.426 e. The molecule has 1 N–H and O–H groups in total. The van der Waals surface area contributed by atoms with E-state index in [4.69, 9.17) is 4.55 Å². The Hall–Kier alpha value is -1.22. The predicted octanol–water partition coefficient (Wildman–Crippen LogP) is 1.02. The van der Waals surface area contributed by atoms with Gasteiger partial charge in [-0.3, -0.25) is 4.55 Å². The Bertz CT molecular complexity index is 530. The van der Waals surface area contributed by atoms with Crippen LogP contribution in [-0.4, -0.2) is 38.8 Å². The zero-order chi connectivity index (χ0) is 14.7. The summed E-state index contributed by atoms with van der Waals surface area (Å²) in [5, 5.41) is 0. The van der Waals surface area contributed by atoms with Gasteiger partial charge in [-0.05, 0) is 12.1 Å². The molecule has 106 valence electrons. The highest BCUT2D eigenvalue weighted by Crippen LogP contribution is 2.26. The molecule has 0 bridgehead atoms. The summed E-state index contributed by atoms with van der Waals surface area (Å²) in [7, 11) is -2.97. The fraction of sp³-hybridized carbons (Fsp3) is 0.400. The maximum Gasteiger partial charge on any atom is 0.426 e. The summed E-state index contributed by atoms with van der Waals surface area (Å²) in [6.07, 6.45) is -6.89. The topological polar surface area (TPSA) is 63.6 Å². The first-order valence-electron chi connectivity index (χ1n) is 5.39. The predicted molar refractivity (Wildman–Crippen MR) is 65.6 cm³/mol. The van der Waals surface area contributed by atoms with E-state index >= 15 is 0 Å². The van der Waals surface area contributed by atoms with E-state index in [-0.39, 0.29) is 5.75 Å². The van der Waals surface area contributed by atoms with Crippen LogP contribution in [0.3, 0.4) is 0 Å². The summed E-state index contributed by atoms with van der Waals surface area (Å²) in [6.45, 7) is 0. The Balaban J connectivity index is 2.94. The Kier molecular flexibility index (Phi) is 4.86. The van der Waals surface area contributed by atoms with Crippen LogP contribution in [0.25, 0.3) is 0 Å². The third-order valence-corrected chi connectivity index (χ3v) is 3.04. The average Bonchev–Trinajstić information content (AvgIpc) is 2.25. The Morgan fingerprint density at radius 1 is 1.37 bits per heavy atom. The summed E-state index contributed by atoms with van der Waals surface area (Å²) in [4.78, 5) is 0. The van der Waals surface area contributed by atoms with Crippen molar-refractivity contribution in [3.63, 3.8) is 0 Å². The van der Waals surface area contributed by atoms with E-state index in [1.54, 1.807) is 6.07 Å². The third-order valence-electron chi connectivity index (χ3n) is 2.31. The van der Waals surface area contributed by atoms with Crippen LogP contribution in [0.5, 0.6) is 5.75 Å². The van der Waals surface area contributed by atoms with Crippen LogP contribution >= 0.6 is 0 Å². The molecular formula is C10H12BF3O4S. The molecule has 19 heavy (non-hydrogen) atoms. The standard InChI is InChI=1S/C10H12BF3O4S/c11-5-7-2-1-3-8(4-7)18-9(10(12,13)14)6-19(15,16)17/h1-4,9H,5-6,11H2,(H,15,16,17). The lowest BCUT2D eigenvalue weighted by atomic mass is 9.97. The Morgan fingerprint density at radius 3 is 2.47 bits per heavy atom. The molecule has 9 heteroatoms. The maximum atomic E-state index is 12.6. The summed E-state index contributed by atoms with van der Waals surface area (Å²) < 4.78 is 72.2. The molecule has 0 radical (unpaired) electrons. The molecule has 1 aromatic rings. The van der Waals surface area contributed by atoms with Gasteiger partial charge < -0.3 is 4.74 Å². The van der Waals surface area contributed by atoms with Gasteiger partial charge in [-0.25, -0.2) is 0 Å². The number of hydrogen-bond donors (Lipinski definition) is 1. The molecule has 1 aromatic carbocycles. The lowest BCUT2D eigenvalue weighted by molar-refractivity contribution is -0.188. The molecule has 0 amide bonds. The highest BCUT2D eigenvalue weighted by Gasteiger charge is 2.44. The normalized spacial score (nSPS) is 14.1. The van der Waals surface area contributed by atoms with Crippen LogP contribution < -0.4 is 4.74 Å². The quantitative estimate of drug-likeness (QED) is 0.651. The van der Waals surface area contributed by atoms with Crippen molar-refractivity contribution in [3.8, 4) is 5.75 Å². The monoisotopic (exact) mass is 296 g/mol. The van der Waals surface area contributed by atoms with Crippen LogP contribution in [-0.2, 0) is 16.4 Å². The summed E-state index contributed by atoms with van der Waals surface area (Å²) in [5.74, 6) is -1.63. The lowest BCUT2D eigenvalue weighted by Gasteiger charge is -2.20. The van der Waals surface area contributed by atoms with Crippen molar-refractivity contribution in [3.05, 3.63) is 29.8 Å². The van der Waals surface area contributed by atoms with Crippen molar-refractivity contribution in [1.82, 2.24) is 0 Å². The molecular weight excluding hydrogens is 284 g/mol. The zero-order valence-corrected chi connectivity index (χ0v) is 10.8. The molecule has 0 fully saturated rings. The van der Waals surface area contributed by atoms with Crippen LogP contribution in [0, 0.1) is 0 Å². The maximum absolute atomic E-state index is 12.6. The summed E-state index contributed by atoms with van der Waals surface area (Å²) >= 11 is 0. The SMILES string of the molecule is BCc1cccc(OC(CS(=O)(=O)O)C(F)(F)F)c1. The molecule has 0 saturated carbocycles. The van der Waals surface area contributed by atoms with Gasteiger partial charge in [0.15, 0.2) is 0 Å². The van der Waals surface area contributed by atoms with E-state index in [9.17, 15) is 21.6 Å². The van der Waals surface area contributed by atoms with Crippen molar-refractivity contribution < 1.29 is 30.9 Å². The van der Waals surface area contributed by atoms with Gasteiger partial charge >= 0.3 is 6.18 Å². The van der Waals surface area contributed by atoms with Gasteiger partial charge in [0.2, 0.25) is 6.10 Å². The molecule has 0 saturated heterocycles. The van der Waals surface area contributed by atoms with Gasteiger partial charge in [0, 0.05) is 0 Å². The largest absolute Gasteiger partial charge is 0.480 e. The van der Waals surface area contributed by atoms with E-state index < -0.39 is 28.2 Å². The second-order valence-corrected chi connectivity index (χ2v) is 5.39. The molecule has 0 heterocycles. The molecule has 1 atom stereocenters. The Labute approximate surface area is 109 Å². The van der Waals surface area contributed by atoms with Crippen LogP contribution in [0.1, 0.15) is 5.56 Å². The van der Waals surface area contributed by atoms with Crippen molar-refractivity contribution in [2.75, 3.05) is 5.75 Å². The first-order valence-corrected chi connectivity index (χ1v) is 7.00. The molecule has 1 rings (SSSR count). The van der Waals surface area contributed by atoms with Crippen LogP contribution in [0.4, 0.5) is 13.2 Å². The fourth-order valence-corrected chi connectivity index (χ4v) is 2.03. The molecule has 0 aliphatic rings. The number of halogens is 3. The molecule has 0 aliphatic heterocycles. The van der Waals surface area contributed by atoms with Gasteiger partial charge in [0.05, 0.1) is 0 Å². The number of rotatable bonds is 5. The van der Waals surface area contributed by atoms with Crippen molar-refractivity contribution in [2.24, 2.45) is 0 Å². The van der Waals surface area contributed by atoms with E-state index in [1.165, 1.54) is 18.2 Å². The van der Waals surface area contributed by atoms with Crippen LogP contribution in [0.2, 0.25) is 0 Å². The minimum Gasteiger partial charge on any atom is -0.480 e. The minimum absolute atomic E-state index is 0.0923. The highest BCUT2D eigenvalue weighted by molar-refractivity contribution is 7.85. The van der Waals surface area contributed by atoms with Gasteiger partial charge in [-0.1, -0.05) is 24.0 Å². The number of hydrogen-bond acceptors (Lipinski definition) is 3. The highest BCUT2D eigenvalue weighted by atomic mass is 32.2. The lowest BCUT2D eigenvalue weighted by Crippen LogP contribution is -2.40. The number of ether oxygens (including phenoxy) is 1. The third kappa shape index (κ3) is 5.52. The van der Waals surface area contributed by atoms with Gasteiger partial charge in [0.25, 0.3) is 10.1 Å². The number of benzene rings is 1. The van der Waals surface area contributed by atoms with Gasteiger partial charge in [-0.15, -0.1) is 0 Å². The number of alkyl halides is 3. The zero-order valence-electron chi connectivity index (χ0n) is 10.0. The van der Waals surface area contributed by atoms with Crippen LogP contribution in [0.15, 0.2) is 24.3 Å². The van der Waals surface area contributed by atoms with Crippen molar-refractivity contribution in [2.45, 2.75) is 18.6 Å². The molecule has 0 aromatic heterocycles. The Morgan fingerprint density at radius 2 is 2.00 bits per heavy atom. The second kappa shape index (κ2) is 5.83. The summed E-state index contributed by atoms with van der Waals surface area (Å²) in [6, 6.07) is 5.90.